The highest BCUT2D eigenvalue weighted by molar-refractivity contribution is 6.14. The molecule has 0 spiro atoms. The number of hydrogen-bond acceptors (Lipinski definition) is 6. The van der Waals surface area contributed by atoms with Crippen LogP contribution in [0.1, 0.15) is 33.5 Å². The summed E-state index contributed by atoms with van der Waals surface area (Å²) in [6.45, 7) is 0.845. The molecule has 1 unspecified atom stereocenters. The predicted molar refractivity (Wildman–Crippen MR) is 157 cm³/mol. The van der Waals surface area contributed by atoms with Gasteiger partial charge in [0.05, 0.1) is 36.8 Å². The van der Waals surface area contributed by atoms with Gasteiger partial charge in [-0.15, -0.1) is 5.10 Å². The second-order valence-corrected chi connectivity index (χ2v) is 10.2. The third kappa shape index (κ3) is 4.58. The minimum atomic E-state index is -0.320. The zero-order chi connectivity index (χ0) is 27.8. The molecule has 1 atom stereocenters. The van der Waals surface area contributed by atoms with Crippen molar-refractivity contribution >= 4 is 17.3 Å². The Labute approximate surface area is 237 Å². The Morgan fingerprint density at radius 1 is 0.805 bits per heavy atom. The summed E-state index contributed by atoms with van der Waals surface area (Å²) in [6.07, 6.45) is 0.240. The lowest BCUT2D eigenvalue weighted by Crippen LogP contribution is -2.39. The molecule has 8 heteroatoms. The number of benzene rings is 4. The molecule has 8 nitrogen and oxygen atoms in total. The van der Waals surface area contributed by atoms with E-state index in [9.17, 15) is 9.90 Å². The van der Waals surface area contributed by atoms with E-state index in [4.69, 9.17) is 4.84 Å². The van der Waals surface area contributed by atoms with Crippen molar-refractivity contribution in [3.05, 3.63) is 125 Å². The van der Waals surface area contributed by atoms with Crippen LogP contribution in [0.4, 0.5) is 5.69 Å². The van der Waals surface area contributed by atoms with Crippen LogP contribution in [-0.2, 0) is 18.0 Å². The Bertz CT molecular complexity index is 1760. The maximum atomic E-state index is 14.3. The van der Waals surface area contributed by atoms with Gasteiger partial charge in [-0.3, -0.25) is 4.79 Å². The number of aliphatic hydroxyl groups is 1. The van der Waals surface area contributed by atoms with Crippen molar-refractivity contribution in [1.82, 2.24) is 15.0 Å². The van der Waals surface area contributed by atoms with Crippen molar-refractivity contribution in [3.8, 4) is 22.5 Å². The van der Waals surface area contributed by atoms with Crippen LogP contribution in [0, 0.1) is 0 Å². The average Bonchev–Trinajstić information content (AvgIpc) is 3.67. The molecular formula is C33H27N5O3. The number of oxime groups is 1. The van der Waals surface area contributed by atoms with Gasteiger partial charge in [0, 0.05) is 23.1 Å². The van der Waals surface area contributed by atoms with E-state index in [1.54, 1.807) is 4.90 Å². The molecule has 1 N–H and O–H groups in total. The van der Waals surface area contributed by atoms with E-state index in [1.807, 2.05) is 95.7 Å². The smallest absolute Gasteiger partial charge is 0.259 e. The highest BCUT2D eigenvalue weighted by Crippen LogP contribution is 2.41. The van der Waals surface area contributed by atoms with Crippen molar-refractivity contribution in [2.24, 2.45) is 5.16 Å². The van der Waals surface area contributed by atoms with Crippen molar-refractivity contribution in [2.75, 3.05) is 11.4 Å². The van der Waals surface area contributed by atoms with Crippen LogP contribution in [0.2, 0.25) is 0 Å². The van der Waals surface area contributed by atoms with Crippen LogP contribution in [0.3, 0.4) is 0 Å². The molecular weight excluding hydrogens is 514 g/mol. The van der Waals surface area contributed by atoms with E-state index in [2.05, 4.69) is 27.6 Å². The van der Waals surface area contributed by atoms with Crippen LogP contribution < -0.4 is 4.90 Å². The maximum absolute atomic E-state index is 14.3. The van der Waals surface area contributed by atoms with Gasteiger partial charge in [0.15, 0.2) is 6.10 Å². The Hall–Kier alpha value is -5.08. The van der Waals surface area contributed by atoms with Gasteiger partial charge in [-0.2, -0.15) is 0 Å². The third-order valence-electron chi connectivity index (χ3n) is 7.61. The summed E-state index contributed by atoms with van der Waals surface area (Å²) in [6, 6.07) is 33.2. The lowest BCUT2D eigenvalue weighted by Gasteiger charge is -2.29. The number of anilines is 1. The second kappa shape index (κ2) is 10.5. The van der Waals surface area contributed by atoms with E-state index in [1.165, 1.54) is 0 Å². The summed E-state index contributed by atoms with van der Waals surface area (Å²) >= 11 is 0. The fourth-order valence-corrected chi connectivity index (χ4v) is 5.55. The normalized spacial score (nSPS) is 15.7. The maximum Gasteiger partial charge on any atom is 0.259 e. The summed E-state index contributed by atoms with van der Waals surface area (Å²) in [5.41, 5.74) is 8.21. The van der Waals surface area contributed by atoms with Crippen LogP contribution in [0.5, 0.6) is 0 Å². The largest absolute Gasteiger partial charge is 0.392 e. The van der Waals surface area contributed by atoms with E-state index in [0.717, 1.165) is 50.6 Å². The van der Waals surface area contributed by atoms with Crippen LogP contribution in [0.15, 0.2) is 108 Å². The number of nitrogens with zero attached hydrogens (tertiary/aromatic N) is 5. The summed E-state index contributed by atoms with van der Waals surface area (Å²) in [7, 11) is 0. The van der Waals surface area contributed by atoms with Gasteiger partial charge >= 0.3 is 0 Å². The van der Waals surface area contributed by atoms with Crippen molar-refractivity contribution in [2.45, 2.75) is 25.7 Å². The minimum absolute atomic E-state index is 0.00837. The highest BCUT2D eigenvalue weighted by Gasteiger charge is 2.34. The standard InChI is InChI=1S/C33H27N5O3/c39-21-23-14-16-24(17-15-23)29-18-25(41-35-29)20-37-30-13-7-6-12-28(30)31-32(26-10-4-5-11-27(26)33(37)40)38(36-34-31)19-22-8-2-1-3-9-22/h1-17,25,39H,18-21H2. The first-order valence-corrected chi connectivity index (χ1v) is 13.6. The first kappa shape index (κ1) is 24.9. The Morgan fingerprint density at radius 3 is 2.29 bits per heavy atom. The molecule has 3 heterocycles. The Kier molecular flexibility index (Phi) is 6.37. The molecule has 1 aromatic heterocycles. The Morgan fingerprint density at radius 2 is 1.51 bits per heavy atom. The molecule has 0 bridgehead atoms. The molecule has 202 valence electrons. The number of amides is 1. The summed E-state index contributed by atoms with van der Waals surface area (Å²) in [5.74, 6) is -0.115. The monoisotopic (exact) mass is 541 g/mol. The molecule has 0 saturated heterocycles. The van der Waals surface area contributed by atoms with Gasteiger partial charge < -0.3 is 14.8 Å². The van der Waals surface area contributed by atoms with Crippen molar-refractivity contribution in [3.63, 3.8) is 0 Å². The first-order valence-electron chi connectivity index (χ1n) is 13.6. The van der Waals surface area contributed by atoms with Gasteiger partial charge in [-0.1, -0.05) is 101 Å². The van der Waals surface area contributed by atoms with Gasteiger partial charge in [-0.05, 0) is 28.8 Å². The number of fused-ring (bicyclic) bond motifs is 5. The molecule has 4 aromatic carbocycles. The number of carbonyl (C=O) groups excluding carboxylic acids is 1. The van der Waals surface area contributed by atoms with Crippen molar-refractivity contribution in [1.29, 1.82) is 0 Å². The van der Waals surface area contributed by atoms with Crippen LogP contribution >= 0.6 is 0 Å². The van der Waals surface area contributed by atoms with E-state index >= 15 is 0 Å². The minimum Gasteiger partial charge on any atom is -0.392 e. The van der Waals surface area contributed by atoms with Gasteiger partial charge in [0.1, 0.15) is 5.69 Å². The van der Waals surface area contributed by atoms with Gasteiger partial charge in [0.25, 0.3) is 5.91 Å². The zero-order valence-corrected chi connectivity index (χ0v) is 22.2. The first-order chi connectivity index (χ1) is 20.2. The average molecular weight is 542 g/mol. The van der Waals surface area contributed by atoms with Crippen LogP contribution in [-0.4, -0.2) is 44.4 Å². The molecule has 41 heavy (non-hydrogen) atoms. The molecule has 0 fully saturated rings. The molecule has 1 amide bonds. The van der Waals surface area contributed by atoms with E-state index < -0.39 is 0 Å². The van der Waals surface area contributed by atoms with Gasteiger partial charge in [0.2, 0.25) is 0 Å². The van der Waals surface area contributed by atoms with Gasteiger partial charge in [-0.25, -0.2) is 4.68 Å². The summed E-state index contributed by atoms with van der Waals surface area (Å²) in [5, 5.41) is 22.9. The lowest BCUT2D eigenvalue weighted by atomic mass is 9.94. The fraction of sp³-hybridized carbons (Fsp3) is 0.152. The number of rotatable bonds is 6. The summed E-state index contributed by atoms with van der Waals surface area (Å²) in [4.78, 5) is 22.0. The van der Waals surface area contributed by atoms with E-state index in [-0.39, 0.29) is 18.6 Å². The zero-order valence-electron chi connectivity index (χ0n) is 22.2. The molecule has 7 rings (SSSR count). The topological polar surface area (TPSA) is 92.8 Å². The molecule has 2 aliphatic rings. The molecule has 0 radical (unpaired) electrons. The summed E-state index contributed by atoms with van der Waals surface area (Å²) < 4.78 is 1.88. The quantitative estimate of drug-likeness (QED) is 0.315. The van der Waals surface area contributed by atoms with E-state index in [0.29, 0.717) is 25.1 Å². The predicted octanol–water partition coefficient (Wildman–Crippen LogP) is 5.31. The molecule has 2 aliphatic heterocycles. The molecule has 5 aromatic rings. The molecule has 0 aliphatic carbocycles. The number of aromatic nitrogens is 3. The number of para-hydroxylation sites is 1. The number of carbonyl (C=O) groups is 1. The van der Waals surface area contributed by atoms with Crippen molar-refractivity contribution < 1.29 is 14.7 Å². The fourth-order valence-electron chi connectivity index (χ4n) is 5.55. The number of aliphatic hydroxyl groups excluding tert-OH is 1. The van der Waals surface area contributed by atoms with Crippen LogP contribution in [0.25, 0.3) is 22.5 Å². The highest BCUT2D eigenvalue weighted by atomic mass is 16.6. The number of hydrogen-bond donors (Lipinski definition) is 1. The third-order valence-corrected chi connectivity index (χ3v) is 7.61. The Balaban J connectivity index is 1.26. The lowest BCUT2D eigenvalue weighted by molar-refractivity contribution is 0.0818. The molecule has 0 saturated carbocycles. The second-order valence-electron chi connectivity index (χ2n) is 10.2. The SMILES string of the molecule is O=C1c2ccccc2-c2c(nnn2Cc2ccccc2)-c2ccccc2N1CC1CC(c2ccc(CO)cc2)=NO1.